The summed E-state index contributed by atoms with van der Waals surface area (Å²) in [6, 6.07) is 4.11. The van der Waals surface area contributed by atoms with Crippen LogP contribution < -0.4 is 5.32 Å². The van der Waals surface area contributed by atoms with Gasteiger partial charge in [-0.3, -0.25) is 4.90 Å². The molecule has 0 spiro atoms. The Hall–Kier alpha value is -1.06. The molecule has 0 fully saturated rings. The van der Waals surface area contributed by atoms with Crippen molar-refractivity contribution >= 4 is 0 Å². The van der Waals surface area contributed by atoms with E-state index in [1.165, 1.54) is 0 Å². The van der Waals surface area contributed by atoms with Gasteiger partial charge in [0.25, 0.3) is 0 Å². The number of rotatable bonds is 7. The number of hydrogen-bond donors (Lipinski definition) is 1. The van der Waals surface area contributed by atoms with Gasteiger partial charge in [-0.05, 0) is 39.4 Å². The van der Waals surface area contributed by atoms with Gasteiger partial charge in [0.2, 0.25) is 0 Å². The summed E-state index contributed by atoms with van der Waals surface area (Å²) in [7, 11) is 0. The molecular weight excluding hydrogens is 224 g/mol. The Morgan fingerprint density at radius 2 is 2.00 bits per heavy atom. The molecular formula is C15H26N2O. The highest BCUT2D eigenvalue weighted by Crippen LogP contribution is 2.18. The van der Waals surface area contributed by atoms with E-state index in [2.05, 4.69) is 50.6 Å². The van der Waals surface area contributed by atoms with Crippen molar-refractivity contribution in [2.45, 2.75) is 46.3 Å². The van der Waals surface area contributed by atoms with Gasteiger partial charge in [0, 0.05) is 12.1 Å². The fourth-order valence-corrected chi connectivity index (χ4v) is 1.77. The maximum absolute atomic E-state index is 5.82. The molecule has 1 aromatic rings. The maximum Gasteiger partial charge on any atom is 0.118 e. The standard InChI is InChI=1S/C15H26N2O/c1-6-10-17(15(3,4)5)12-14-9-8-13(18-14)11-16-7-2/h6,8-9,16H,1,7,10-12H2,2-5H3. The zero-order valence-electron chi connectivity index (χ0n) is 12.1. The van der Waals surface area contributed by atoms with E-state index in [4.69, 9.17) is 4.42 Å². The van der Waals surface area contributed by atoms with Crippen LogP contribution in [0.4, 0.5) is 0 Å². The van der Waals surface area contributed by atoms with Gasteiger partial charge in [-0.1, -0.05) is 13.0 Å². The Morgan fingerprint density at radius 3 is 2.56 bits per heavy atom. The molecule has 1 aromatic heterocycles. The molecule has 0 aromatic carbocycles. The fraction of sp³-hybridized carbons (Fsp3) is 0.600. The van der Waals surface area contributed by atoms with E-state index in [9.17, 15) is 0 Å². The summed E-state index contributed by atoms with van der Waals surface area (Å²) in [5, 5.41) is 3.26. The second-order valence-electron chi connectivity index (χ2n) is 5.49. The lowest BCUT2D eigenvalue weighted by Gasteiger charge is -2.34. The minimum absolute atomic E-state index is 0.114. The second kappa shape index (κ2) is 6.76. The summed E-state index contributed by atoms with van der Waals surface area (Å²) < 4.78 is 5.82. The number of nitrogens with zero attached hydrogens (tertiary/aromatic N) is 1. The molecule has 1 N–H and O–H groups in total. The minimum Gasteiger partial charge on any atom is -0.463 e. The largest absolute Gasteiger partial charge is 0.463 e. The van der Waals surface area contributed by atoms with Crippen molar-refractivity contribution < 1.29 is 4.42 Å². The minimum atomic E-state index is 0.114. The molecule has 0 atom stereocenters. The first-order valence-corrected chi connectivity index (χ1v) is 6.61. The lowest BCUT2D eigenvalue weighted by atomic mass is 10.1. The van der Waals surface area contributed by atoms with Gasteiger partial charge in [-0.15, -0.1) is 6.58 Å². The number of nitrogens with one attached hydrogen (secondary N) is 1. The summed E-state index contributed by atoms with van der Waals surface area (Å²) in [6.07, 6.45) is 1.94. The van der Waals surface area contributed by atoms with Gasteiger partial charge < -0.3 is 9.73 Å². The third kappa shape index (κ3) is 4.67. The first-order chi connectivity index (χ1) is 8.47. The highest BCUT2D eigenvalue weighted by Gasteiger charge is 2.21. The van der Waals surface area contributed by atoms with Gasteiger partial charge in [0.15, 0.2) is 0 Å². The Balaban J connectivity index is 2.63. The van der Waals surface area contributed by atoms with Crippen molar-refractivity contribution in [3.05, 3.63) is 36.3 Å². The second-order valence-corrected chi connectivity index (χ2v) is 5.49. The summed E-state index contributed by atoms with van der Waals surface area (Å²) >= 11 is 0. The summed E-state index contributed by atoms with van der Waals surface area (Å²) in [6.45, 7) is 16.0. The average Bonchev–Trinajstić information content (AvgIpc) is 2.72. The number of hydrogen-bond acceptors (Lipinski definition) is 3. The third-order valence-corrected chi connectivity index (χ3v) is 2.91. The van der Waals surface area contributed by atoms with Crippen LogP contribution in [0.2, 0.25) is 0 Å². The van der Waals surface area contributed by atoms with Crippen LogP contribution in [-0.2, 0) is 13.1 Å². The van der Waals surface area contributed by atoms with E-state index < -0.39 is 0 Å². The molecule has 0 aliphatic carbocycles. The van der Waals surface area contributed by atoms with Crippen LogP contribution in [0.25, 0.3) is 0 Å². The quantitative estimate of drug-likeness (QED) is 0.753. The van der Waals surface area contributed by atoms with Gasteiger partial charge in [-0.25, -0.2) is 0 Å². The molecule has 0 unspecified atom stereocenters. The normalized spacial score (nSPS) is 12.1. The van der Waals surface area contributed by atoms with Crippen molar-refractivity contribution in [3.63, 3.8) is 0 Å². The van der Waals surface area contributed by atoms with E-state index in [1.54, 1.807) is 0 Å². The molecule has 0 amide bonds. The third-order valence-electron chi connectivity index (χ3n) is 2.91. The van der Waals surface area contributed by atoms with Crippen LogP contribution in [0.15, 0.2) is 29.2 Å². The predicted molar refractivity (Wildman–Crippen MR) is 76.4 cm³/mol. The van der Waals surface area contributed by atoms with Crippen molar-refractivity contribution in [3.8, 4) is 0 Å². The Kier molecular flexibility index (Phi) is 5.63. The molecule has 0 saturated heterocycles. The lowest BCUT2D eigenvalue weighted by molar-refractivity contribution is 0.133. The molecule has 3 nitrogen and oxygen atoms in total. The summed E-state index contributed by atoms with van der Waals surface area (Å²) in [5.74, 6) is 2.01. The van der Waals surface area contributed by atoms with Crippen LogP contribution in [-0.4, -0.2) is 23.5 Å². The molecule has 18 heavy (non-hydrogen) atoms. The topological polar surface area (TPSA) is 28.4 Å². The van der Waals surface area contributed by atoms with Gasteiger partial charge in [0.1, 0.15) is 11.5 Å². The van der Waals surface area contributed by atoms with Gasteiger partial charge in [-0.2, -0.15) is 0 Å². The van der Waals surface area contributed by atoms with Crippen LogP contribution >= 0.6 is 0 Å². The van der Waals surface area contributed by atoms with Crippen molar-refractivity contribution in [1.82, 2.24) is 10.2 Å². The molecule has 0 bridgehead atoms. The van der Waals surface area contributed by atoms with Crippen LogP contribution in [0.3, 0.4) is 0 Å². The SMILES string of the molecule is C=CCN(Cc1ccc(CNCC)o1)C(C)(C)C. The Bertz CT molecular complexity index is 363. The van der Waals surface area contributed by atoms with Crippen molar-refractivity contribution in [2.24, 2.45) is 0 Å². The van der Waals surface area contributed by atoms with Crippen LogP contribution in [0.1, 0.15) is 39.2 Å². The van der Waals surface area contributed by atoms with Crippen LogP contribution in [0.5, 0.6) is 0 Å². The molecule has 0 aliphatic rings. The van der Waals surface area contributed by atoms with E-state index in [1.807, 2.05) is 12.1 Å². The molecule has 102 valence electrons. The zero-order valence-corrected chi connectivity index (χ0v) is 12.1. The molecule has 1 rings (SSSR count). The Labute approximate surface area is 111 Å². The molecule has 0 radical (unpaired) electrons. The number of furan rings is 1. The Morgan fingerprint density at radius 1 is 1.33 bits per heavy atom. The van der Waals surface area contributed by atoms with Crippen LogP contribution in [0, 0.1) is 0 Å². The highest BCUT2D eigenvalue weighted by atomic mass is 16.3. The average molecular weight is 250 g/mol. The molecule has 3 heteroatoms. The van der Waals surface area contributed by atoms with E-state index >= 15 is 0 Å². The molecule has 0 saturated carbocycles. The van der Waals surface area contributed by atoms with Crippen molar-refractivity contribution in [2.75, 3.05) is 13.1 Å². The monoisotopic (exact) mass is 250 g/mol. The smallest absolute Gasteiger partial charge is 0.118 e. The van der Waals surface area contributed by atoms with Gasteiger partial charge in [0.05, 0.1) is 13.1 Å². The summed E-state index contributed by atoms with van der Waals surface area (Å²) in [4.78, 5) is 2.34. The van der Waals surface area contributed by atoms with Crippen molar-refractivity contribution in [1.29, 1.82) is 0 Å². The first-order valence-electron chi connectivity index (χ1n) is 6.61. The van der Waals surface area contributed by atoms with E-state index in [-0.39, 0.29) is 5.54 Å². The predicted octanol–water partition coefficient (Wildman–Crippen LogP) is 3.18. The lowest BCUT2D eigenvalue weighted by Crippen LogP contribution is -2.40. The van der Waals surface area contributed by atoms with Gasteiger partial charge >= 0.3 is 0 Å². The maximum atomic E-state index is 5.82. The highest BCUT2D eigenvalue weighted by molar-refractivity contribution is 5.07. The molecule has 1 heterocycles. The summed E-state index contributed by atoms with van der Waals surface area (Å²) in [5.41, 5.74) is 0.114. The first kappa shape index (κ1) is 15.0. The zero-order chi connectivity index (χ0) is 13.6. The van der Waals surface area contributed by atoms with E-state index in [0.29, 0.717) is 0 Å². The van der Waals surface area contributed by atoms with E-state index in [0.717, 1.165) is 37.7 Å². The molecule has 0 aliphatic heterocycles. The fourth-order valence-electron chi connectivity index (χ4n) is 1.77.